The fourth-order valence-corrected chi connectivity index (χ4v) is 1.37. The fraction of sp³-hybridized carbons (Fsp3) is 0.250. The van der Waals surface area contributed by atoms with E-state index >= 15 is 0 Å². The lowest BCUT2D eigenvalue weighted by atomic mass is 10.1. The van der Waals surface area contributed by atoms with Crippen LogP contribution in [-0.2, 0) is 6.18 Å². The predicted octanol–water partition coefficient (Wildman–Crippen LogP) is 3.65. The molecule has 0 bridgehead atoms. The number of hydrogen-bond donors (Lipinski definition) is 0. The Bertz CT molecular complexity index is 469. The van der Waals surface area contributed by atoms with Crippen molar-refractivity contribution in [1.82, 2.24) is 0 Å². The van der Waals surface area contributed by atoms with E-state index in [0.717, 1.165) is 12.1 Å². The molecule has 1 aromatic carbocycles. The lowest BCUT2D eigenvalue weighted by molar-refractivity contribution is -0.137. The molecule has 17 heavy (non-hydrogen) atoms. The summed E-state index contributed by atoms with van der Waals surface area (Å²) < 4.78 is 37.5. The average molecular weight is 305 g/mol. The first-order valence-corrected chi connectivity index (χ1v) is 5.82. The Labute approximate surface area is 105 Å². The first-order valence-electron chi connectivity index (χ1n) is 4.69. The molecule has 0 saturated carbocycles. The van der Waals surface area contributed by atoms with Gasteiger partial charge >= 0.3 is 6.18 Å². The van der Waals surface area contributed by atoms with Gasteiger partial charge in [0, 0.05) is 22.9 Å². The van der Waals surface area contributed by atoms with Crippen LogP contribution in [0.5, 0.6) is 0 Å². The minimum atomic E-state index is -4.47. The summed E-state index contributed by atoms with van der Waals surface area (Å²) in [4.78, 5) is 10.5. The molecular formula is C12H8BrF3O. The highest BCUT2D eigenvalue weighted by atomic mass is 79.9. The molecule has 0 radical (unpaired) electrons. The van der Waals surface area contributed by atoms with Crippen LogP contribution < -0.4 is 0 Å². The number of alkyl halides is 4. The molecule has 0 spiro atoms. The molecule has 0 aliphatic heterocycles. The monoisotopic (exact) mass is 304 g/mol. The van der Waals surface area contributed by atoms with E-state index in [2.05, 4.69) is 27.8 Å². The van der Waals surface area contributed by atoms with Crippen molar-refractivity contribution in [2.45, 2.75) is 12.6 Å². The standard InChI is InChI=1S/C12H8BrF3O/c13-4-2-1-3-9-5-10(8-17)7-11(6-9)12(14,15)16/h5-8H,2,4H2. The molecular weight excluding hydrogens is 297 g/mol. The Balaban J connectivity index is 3.16. The maximum atomic E-state index is 12.5. The number of halogens is 4. The second kappa shape index (κ2) is 5.87. The third kappa shape index (κ3) is 4.23. The van der Waals surface area contributed by atoms with Gasteiger partial charge in [0.05, 0.1) is 5.56 Å². The maximum Gasteiger partial charge on any atom is 0.416 e. The second-order valence-electron chi connectivity index (χ2n) is 3.20. The number of hydrogen-bond acceptors (Lipinski definition) is 1. The van der Waals surface area contributed by atoms with Crippen molar-refractivity contribution in [1.29, 1.82) is 0 Å². The molecule has 0 N–H and O–H groups in total. The quantitative estimate of drug-likeness (QED) is 0.463. The van der Waals surface area contributed by atoms with Crippen molar-refractivity contribution < 1.29 is 18.0 Å². The van der Waals surface area contributed by atoms with E-state index < -0.39 is 11.7 Å². The van der Waals surface area contributed by atoms with Gasteiger partial charge in [-0.25, -0.2) is 0 Å². The topological polar surface area (TPSA) is 17.1 Å². The minimum absolute atomic E-state index is 0.0250. The van der Waals surface area contributed by atoms with Crippen LogP contribution in [0.1, 0.15) is 27.9 Å². The van der Waals surface area contributed by atoms with Crippen LogP contribution >= 0.6 is 15.9 Å². The van der Waals surface area contributed by atoms with Gasteiger partial charge in [0.1, 0.15) is 6.29 Å². The first kappa shape index (κ1) is 13.8. The number of carbonyl (C=O) groups excluding carboxylic acids is 1. The van der Waals surface area contributed by atoms with E-state index in [1.165, 1.54) is 6.07 Å². The van der Waals surface area contributed by atoms with E-state index in [1.54, 1.807) is 0 Å². The average Bonchev–Trinajstić information content (AvgIpc) is 2.28. The number of rotatable bonds is 2. The van der Waals surface area contributed by atoms with Crippen LogP contribution in [0.4, 0.5) is 13.2 Å². The summed E-state index contributed by atoms with van der Waals surface area (Å²) in [5, 5.41) is 0.652. The predicted molar refractivity (Wildman–Crippen MR) is 62.1 cm³/mol. The summed E-state index contributed by atoms with van der Waals surface area (Å²) in [5.41, 5.74) is -0.684. The number of aldehydes is 1. The zero-order chi connectivity index (χ0) is 12.9. The van der Waals surface area contributed by atoms with Crippen molar-refractivity contribution in [3.05, 3.63) is 34.9 Å². The third-order valence-electron chi connectivity index (χ3n) is 1.87. The summed E-state index contributed by atoms with van der Waals surface area (Å²) in [7, 11) is 0. The first-order chi connectivity index (χ1) is 7.97. The molecule has 90 valence electrons. The number of carbonyl (C=O) groups is 1. The highest BCUT2D eigenvalue weighted by molar-refractivity contribution is 9.09. The molecule has 5 heteroatoms. The molecule has 1 aromatic rings. The fourth-order valence-electron chi connectivity index (χ4n) is 1.17. The van der Waals surface area contributed by atoms with E-state index in [0.29, 0.717) is 18.0 Å². The number of benzene rings is 1. The normalized spacial score (nSPS) is 10.6. The van der Waals surface area contributed by atoms with Gasteiger partial charge in [-0.2, -0.15) is 13.2 Å². The molecule has 0 aliphatic carbocycles. The lowest BCUT2D eigenvalue weighted by Gasteiger charge is -2.07. The Kier molecular flexibility index (Phi) is 4.76. The van der Waals surface area contributed by atoms with Crippen molar-refractivity contribution in [3.8, 4) is 11.8 Å². The van der Waals surface area contributed by atoms with Crippen molar-refractivity contribution >= 4 is 22.2 Å². The van der Waals surface area contributed by atoms with E-state index in [-0.39, 0.29) is 11.1 Å². The van der Waals surface area contributed by atoms with Gasteiger partial charge in [0.25, 0.3) is 0 Å². The summed E-state index contributed by atoms with van der Waals surface area (Å²) in [6.45, 7) is 0. The van der Waals surface area contributed by atoms with Crippen molar-refractivity contribution in [2.24, 2.45) is 0 Å². The molecule has 0 unspecified atom stereocenters. The van der Waals surface area contributed by atoms with Gasteiger partial charge in [0.2, 0.25) is 0 Å². The molecule has 0 amide bonds. The SMILES string of the molecule is O=Cc1cc(C#CCCBr)cc(C(F)(F)F)c1. The highest BCUT2D eigenvalue weighted by Gasteiger charge is 2.31. The van der Waals surface area contributed by atoms with Gasteiger partial charge in [-0.05, 0) is 18.2 Å². The van der Waals surface area contributed by atoms with Gasteiger partial charge in [-0.1, -0.05) is 27.8 Å². The largest absolute Gasteiger partial charge is 0.416 e. The summed E-state index contributed by atoms with van der Waals surface area (Å²) in [6.07, 6.45) is -3.55. The molecule has 0 aromatic heterocycles. The molecule has 1 rings (SSSR count). The smallest absolute Gasteiger partial charge is 0.298 e. The molecule has 0 saturated heterocycles. The van der Waals surface area contributed by atoms with Crippen LogP contribution in [0, 0.1) is 11.8 Å². The summed E-state index contributed by atoms with van der Waals surface area (Å²) in [5.74, 6) is 5.30. The highest BCUT2D eigenvalue weighted by Crippen LogP contribution is 2.30. The van der Waals surface area contributed by atoms with Crippen LogP contribution in [0.3, 0.4) is 0 Å². The Morgan fingerprint density at radius 2 is 2.00 bits per heavy atom. The Morgan fingerprint density at radius 1 is 1.29 bits per heavy atom. The van der Waals surface area contributed by atoms with Gasteiger partial charge in [-0.3, -0.25) is 4.79 Å². The van der Waals surface area contributed by atoms with Gasteiger partial charge in [-0.15, -0.1) is 0 Å². The van der Waals surface area contributed by atoms with E-state index in [4.69, 9.17) is 0 Å². The Morgan fingerprint density at radius 3 is 2.53 bits per heavy atom. The van der Waals surface area contributed by atoms with Crippen LogP contribution in [0.15, 0.2) is 18.2 Å². The molecule has 1 nitrogen and oxygen atoms in total. The summed E-state index contributed by atoms with van der Waals surface area (Å²) in [6, 6.07) is 3.08. The maximum absolute atomic E-state index is 12.5. The van der Waals surface area contributed by atoms with E-state index in [9.17, 15) is 18.0 Å². The Hall–Kier alpha value is -1.28. The molecule has 0 fully saturated rings. The molecule has 0 aliphatic rings. The van der Waals surface area contributed by atoms with Crippen LogP contribution in [0.2, 0.25) is 0 Å². The van der Waals surface area contributed by atoms with Crippen LogP contribution in [0.25, 0.3) is 0 Å². The summed E-state index contributed by atoms with van der Waals surface area (Å²) >= 11 is 3.16. The minimum Gasteiger partial charge on any atom is -0.298 e. The van der Waals surface area contributed by atoms with E-state index in [1.807, 2.05) is 0 Å². The van der Waals surface area contributed by atoms with Gasteiger partial charge in [0.15, 0.2) is 0 Å². The van der Waals surface area contributed by atoms with Crippen molar-refractivity contribution in [2.75, 3.05) is 5.33 Å². The molecule has 0 atom stereocenters. The zero-order valence-corrected chi connectivity index (χ0v) is 10.2. The van der Waals surface area contributed by atoms with Crippen LogP contribution in [-0.4, -0.2) is 11.6 Å². The van der Waals surface area contributed by atoms with Crippen molar-refractivity contribution in [3.63, 3.8) is 0 Å². The zero-order valence-electron chi connectivity index (χ0n) is 8.64. The third-order valence-corrected chi connectivity index (χ3v) is 2.27. The lowest BCUT2D eigenvalue weighted by Crippen LogP contribution is -2.06. The van der Waals surface area contributed by atoms with Gasteiger partial charge < -0.3 is 0 Å². The second-order valence-corrected chi connectivity index (χ2v) is 3.99. The molecule has 0 heterocycles.